The van der Waals surface area contributed by atoms with E-state index in [0.717, 1.165) is 23.6 Å². The summed E-state index contributed by atoms with van der Waals surface area (Å²) in [6, 6.07) is 5.76. The highest BCUT2D eigenvalue weighted by Crippen LogP contribution is 2.28. The van der Waals surface area contributed by atoms with Crippen LogP contribution in [0.2, 0.25) is 0 Å². The van der Waals surface area contributed by atoms with E-state index in [-0.39, 0.29) is 0 Å². The van der Waals surface area contributed by atoms with Crippen LogP contribution in [0.1, 0.15) is 12.1 Å². The molecule has 0 saturated carbocycles. The number of aliphatic hydroxyl groups is 1. The second kappa shape index (κ2) is 6.21. The van der Waals surface area contributed by atoms with Crippen LogP contribution in [0.5, 0.6) is 0 Å². The first-order valence-corrected chi connectivity index (χ1v) is 8.19. The second-order valence-corrected chi connectivity index (χ2v) is 6.43. The zero-order valence-electron chi connectivity index (χ0n) is 13.9. The van der Waals surface area contributed by atoms with E-state index >= 15 is 0 Å². The maximum absolute atomic E-state index is 10.9. The highest BCUT2D eigenvalue weighted by Gasteiger charge is 2.37. The van der Waals surface area contributed by atoms with E-state index in [0.29, 0.717) is 25.3 Å². The van der Waals surface area contributed by atoms with Crippen LogP contribution in [-0.4, -0.2) is 53.7 Å². The average molecular weight is 337 g/mol. The highest BCUT2D eigenvalue weighted by atomic mass is 16.3. The number of aromatic nitrogens is 6. The van der Waals surface area contributed by atoms with Gasteiger partial charge in [0, 0.05) is 49.0 Å². The molecule has 0 aromatic carbocycles. The third-order valence-electron chi connectivity index (χ3n) is 4.34. The smallest absolute Gasteiger partial charge is 0.163 e. The molecule has 0 amide bonds. The van der Waals surface area contributed by atoms with Gasteiger partial charge in [-0.15, -0.1) is 5.10 Å². The summed E-state index contributed by atoms with van der Waals surface area (Å²) in [6.45, 7) is 3.59. The van der Waals surface area contributed by atoms with E-state index in [4.69, 9.17) is 0 Å². The third-order valence-corrected chi connectivity index (χ3v) is 4.34. The van der Waals surface area contributed by atoms with Crippen LogP contribution in [0.3, 0.4) is 0 Å². The highest BCUT2D eigenvalue weighted by molar-refractivity contribution is 5.57. The number of nitrogens with zero attached hydrogens (tertiary/aromatic N) is 7. The lowest BCUT2D eigenvalue weighted by Gasteiger charge is -2.24. The summed E-state index contributed by atoms with van der Waals surface area (Å²) in [5, 5.41) is 18.6. The fraction of sp³-hybridized carbons (Fsp3) is 0.353. The van der Waals surface area contributed by atoms with Gasteiger partial charge in [-0.2, -0.15) is 0 Å². The summed E-state index contributed by atoms with van der Waals surface area (Å²) in [6.07, 6.45) is 7.51. The van der Waals surface area contributed by atoms with Crippen LogP contribution in [0.25, 0.3) is 11.4 Å². The van der Waals surface area contributed by atoms with Crippen molar-refractivity contribution in [3.63, 3.8) is 0 Å². The number of rotatable bonds is 4. The lowest BCUT2D eigenvalue weighted by Crippen LogP contribution is -2.38. The molecule has 4 rings (SSSR count). The van der Waals surface area contributed by atoms with Crippen LogP contribution in [0, 0.1) is 6.92 Å². The number of pyridine rings is 1. The van der Waals surface area contributed by atoms with Crippen molar-refractivity contribution in [2.75, 3.05) is 18.0 Å². The Balaban J connectivity index is 1.57. The van der Waals surface area contributed by atoms with E-state index in [1.165, 1.54) is 0 Å². The van der Waals surface area contributed by atoms with E-state index in [9.17, 15) is 5.11 Å². The Morgan fingerprint density at radius 2 is 2.20 bits per heavy atom. The molecule has 1 unspecified atom stereocenters. The quantitative estimate of drug-likeness (QED) is 0.761. The Labute approximate surface area is 145 Å². The first kappa shape index (κ1) is 15.6. The Bertz CT molecular complexity index is 853. The van der Waals surface area contributed by atoms with Crippen molar-refractivity contribution in [2.24, 2.45) is 0 Å². The largest absolute Gasteiger partial charge is 0.386 e. The molecular formula is C17H19N7O. The monoisotopic (exact) mass is 337 g/mol. The van der Waals surface area contributed by atoms with E-state index < -0.39 is 5.60 Å². The van der Waals surface area contributed by atoms with Gasteiger partial charge in [0.2, 0.25) is 0 Å². The number of anilines is 1. The minimum atomic E-state index is -0.846. The van der Waals surface area contributed by atoms with Crippen molar-refractivity contribution >= 4 is 5.82 Å². The van der Waals surface area contributed by atoms with Crippen molar-refractivity contribution < 1.29 is 5.11 Å². The van der Waals surface area contributed by atoms with E-state index in [1.807, 2.05) is 25.1 Å². The fourth-order valence-electron chi connectivity index (χ4n) is 3.14. The molecule has 0 bridgehead atoms. The van der Waals surface area contributed by atoms with Gasteiger partial charge in [-0.05, 0) is 25.5 Å². The molecule has 8 heteroatoms. The van der Waals surface area contributed by atoms with Crippen LogP contribution >= 0.6 is 0 Å². The van der Waals surface area contributed by atoms with Crippen molar-refractivity contribution in [1.29, 1.82) is 0 Å². The number of β-amino-alcohol motifs (C(OH)–C–C–N with tert-alkyl or cyclic N) is 1. The molecular weight excluding hydrogens is 318 g/mol. The number of hydrogen-bond donors (Lipinski definition) is 1. The SMILES string of the molecule is Cc1cc(N2CCC(O)(Cn3ccnn3)C2)nc(-c2cccnc2)n1. The van der Waals surface area contributed by atoms with Crippen LogP contribution < -0.4 is 4.90 Å². The molecule has 1 aliphatic rings. The molecule has 0 radical (unpaired) electrons. The summed E-state index contributed by atoms with van der Waals surface area (Å²) >= 11 is 0. The molecule has 1 aliphatic heterocycles. The van der Waals surface area contributed by atoms with Crippen LogP contribution in [0.15, 0.2) is 43.0 Å². The maximum atomic E-state index is 10.9. The van der Waals surface area contributed by atoms with Gasteiger partial charge >= 0.3 is 0 Å². The summed E-state index contributed by atoms with van der Waals surface area (Å²) in [4.78, 5) is 15.4. The normalized spacial score (nSPS) is 20.2. The van der Waals surface area contributed by atoms with Gasteiger partial charge in [0.15, 0.2) is 5.82 Å². The summed E-state index contributed by atoms with van der Waals surface area (Å²) in [7, 11) is 0. The molecule has 4 heterocycles. The van der Waals surface area contributed by atoms with Crippen LogP contribution in [0.4, 0.5) is 5.82 Å². The summed E-state index contributed by atoms with van der Waals surface area (Å²) in [5.41, 5.74) is 0.918. The van der Waals surface area contributed by atoms with Crippen molar-refractivity contribution in [3.05, 3.63) is 48.7 Å². The minimum Gasteiger partial charge on any atom is -0.386 e. The molecule has 128 valence electrons. The first-order valence-electron chi connectivity index (χ1n) is 8.19. The van der Waals surface area contributed by atoms with Gasteiger partial charge < -0.3 is 10.0 Å². The van der Waals surface area contributed by atoms with Crippen LogP contribution in [-0.2, 0) is 6.54 Å². The van der Waals surface area contributed by atoms with E-state index in [2.05, 4.69) is 30.2 Å². The zero-order chi connectivity index (χ0) is 17.3. The molecule has 3 aromatic heterocycles. The first-order chi connectivity index (χ1) is 12.1. The second-order valence-electron chi connectivity index (χ2n) is 6.43. The van der Waals surface area contributed by atoms with Gasteiger partial charge in [-0.1, -0.05) is 5.21 Å². The molecule has 3 aromatic rings. The van der Waals surface area contributed by atoms with Gasteiger partial charge in [0.1, 0.15) is 11.4 Å². The van der Waals surface area contributed by atoms with Gasteiger partial charge in [0.05, 0.1) is 12.7 Å². The molecule has 25 heavy (non-hydrogen) atoms. The standard InChI is InChI=1S/C17H19N7O/c1-13-9-15(21-16(20-13)14-3-2-5-18-10-14)23-7-4-17(25,11-23)12-24-8-6-19-22-24/h2-3,5-6,8-10,25H,4,7,11-12H2,1H3. The van der Waals surface area contributed by atoms with Crippen molar-refractivity contribution in [2.45, 2.75) is 25.5 Å². The summed E-state index contributed by atoms with van der Waals surface area (Å²) < 4.78 is 1.66. The maximum Gasteiger partial charge on any atom is 0.163 e. The lowest BCUT2D eigenvalue weighted by atomic mass is 10.0. The van der Waals surface area contributed by atoms with E-state index in [1.54, 1.807) is 29.5 Å². The Hall–Kier alpha value is -2.87. The van der Waals surface area contributed by atoms with Gasteiger partial charge in [-0.25, -0.2) is 14.6 Å². The molecule has 0 aliphatic carbocycles. The predicted molar refractivity (Wildman–Crippen MR) is 91.8 cm³/mol. The van der Waals surface area contributed by atoms with Gasteiger partial charge in [0.25, 0.3) is 0 Å². The summed E-state index contributed by atoms with van der Waals surface area (Å²) in [5.74, 6) is 1.47. The third kappa shape index (κ3) is 3.34. The molecule has 0 spiro atoms. The van der Waals surface area contributed by atoms with Crippen molar-refractivity contribution in [1.82, 2.24) is 29.9 Å². The zero-order valence-corrected chi connectivity index (χ0v) is 13.9. The Morgan fingerprint density at radius 3 is 2.96 bits per heavy atom. The topological polar surface area (TPSA) is 92.8 Å². The fourth-order valence-corrected chi connectivity index (χ4v) is 3.14. The Kier molecular flexibility index (Phi) is 3.89. The van der Waals surface area contributed by atoms with Gasteiger partial charge in [-0.3, -0.25) is 4.98 Å². The minimum absolute atomic E-state index is 0.420. The molecule has 1 N–H and O–H groups in total. The number of hydrogen-bond acceptors (Lipinski definition) is 7. The molecule has 1 fully saturated rings. The lowest BCUT2D eigenvalue weighted by molar-refractivity contribution is 0.0408. The molecule has 8 nitrogen and oxygen atoms in total. The van der Waals surface area contributed by atoms with Crippen molar-refractivity contribution in [3.8, 4) is 11.4 Å². The Morgan fingerprint density at radius 1 is 1.28 bits per heavy atom. The number of aryl methyl sites for hydroxylation is 1. The average Bonchev–Trinajstić information content (AvgIpc) is 3.25. The molecule has 1 saturated heterocycles. The predicted octanol–water partition coefficient (Wildman–Crippen LogP) is 1.08. The molecule has 1 atom stereocenters.